The van der Waals surface area contributed by atoms with Crippen LogP contribution < -0.4 is 14.8 Å². The van der Waals surface area contributed by atoms with E-state index in [4.69, 9.17) is 14.2 Å². The zero-order chi connectivity index (χ0) is 20.7. The molecule has 0 fully saturated rings. The molecule has 1 unspecified atom stereocenters. The van der Waals surface area contributed by atoms with Gasteiger partial charge in [-0.2, -0.15) is 0 Å². The minimum atomic E-state index is -0.623. The van der Waals surface area contributed by atoms with Gasteiger partial charge in [-0.3, -0.25) is 14.9 Å². The quantitative estimate of drug-likeness (QED) is 0.352. The number of nitrogens with zero attached hydrogens (tertiary/aromatic N) is 1. The summed E-state index contributed by atoms with van der Waals surface area (Å²) in [6.45, 7) is 2.30. The SMILES string of the molecule is COCCOc1cc([N+](=O)[O-])c(C(=O)NC(C)c2ccc(Br)cc2)cc1OC. The fourth-order valence-corrected chi connectivity index (χ4v) is 2.76. The van der Waals surface area contributed by atoms with Crippen LogP contribution in [0.4, 0.5) is 5.69 Å². The van der Waals surface area contributed by atoms with Crippen molar-refractivity contribution >= 4 is 27.5 Å². The lowest BCUT2D eigenvalue weighted by atomic mass is 10.1. The molecular weight excluding hydrogens is 432 g/mol. The van der Waals surface area contributed by atoms with Crippen LogP contribution in [0.2, 0.25) is 0 Å². The second-order valence-corrected chi connectivity index (χ2v) is 6.78. The highest BCUT2D eigenvalue weighted by atomic mass is 79.9. The van der Waals surface area contributed by atoms with E-state index in [0.29, 0.717) is 6.61 Å². The van der Waals surface area contributed by atoms with Crippen molar-refractivity contribution < 1.29 is 23.9 Å². The molecule has 1 amide bonds. The highest BCUT2D eigenvalue weighted by molar-refractivity contribution is 9.10. The van der Waals surface area contributed by atoms with Crippen LogP contribution in [0.3, 0.4) is 0 Å². The van der Waals surface area contributed by atoms with Gasteiger partial charge in [0.25, 0.3) is 11.6 Å². The third-order valence-corrected chi connectivity index (χ3v) is 4.51. The van der Waals surface area contributed by atoms with Crippen molar-refractivity contribution in [2.24, 2.45) is 0 Å². The number of nitro benzene ring substituents is 1. The van der Waals surface area contributed by atoms with Gasteiger partial charge in [0, 0.05) is 17.6 Å². The Labute approximate surface area is 171 Å². The number of hydrogen-bond donors (Lipinski definition) is 1. The number of carbonyl (C=O) groups is 1. The van der Waals surface area contributed by atoms with Crippen molar-refractivity contribution in [1.82, 2.24) is 5.32 Å². The van der Waals surface area contributed by atoms with Crippen LogP contribution in [-0.4, -0.2) is 38.3 Å². The number of amides is 1. The van der Waals surface area contributed by atoms with E-state index in [1.807, 2.05) is 24.3 Å². The number of methoxy groups -OCH3 is 2. The van der Waals surface area contributed by atoms with E-state index in [1.165, 1.54) is 26.4 Å². The summed E-state index contributed by atoms with van der Waals surface area (Å²) in [5.41, 5.74) is 0.393. The molecule has 2 aromatic rings. The molecule has 0 aliphatic rings. The lowest BCUT2D eigenvalue weighted by Gasteiger charge is -2.16. The number of hydrogen-bond acceptors (Lipinski definition) is 6. The maximum atomic E-state index is 12.7. The summed E-state index contributed by atoms with van der Waals surface area (Å²) in [7, 11) is 2.92. The first-order valence-corrected chi connectivity index (χ1v) is 9.21. The Morgan fingerprint density at radius 3 is 2.43 bits per heavy atom. The molecule has 0 bridgehead atoms. The number of halogens is 1. The van der Waals surface area contributed by atoms with Crippen molar-refractivity contribution in [2.45, 2.75) is 13.0 Å². The summed E-state index contributed by atoms with van der Waals surface area (Å²) >= 11 is 3.36. The number of rotatable bonds is 9. The first-order valence-electron chi connectivity index (χ1n) is 8.41. The number of carbonyl (C=O) groups excluding carboxylic acids is 1. The molecule has 0 saturated heterocycles. The first-order chi connectivity index (χ1) is 13.4. The van der Waals surface area contributed by atoms with Gasteiger partial charge in [-0.05, 0) is 24.6 Å². The average Bonchev–Trinajstić information content (AvgIpc) is 2.68. The number of benzene rings is 2. The van der Waals surface area contributed by atoms with E-state index in [-0.39, 0.29) is 35.4 Å². The maximum absolute atomic E-state index is 12.7. The molecule has 0 spiro atoms. The van der Waals surface area contributed by atoms with E-state index < -0.39 is 10.8 Å². The largest absolute Gasteiger partial charge is 0.493 e. The Kier molecular flexibility index (Phi) is 7.77. The normalized spacial score (nSPS) is 11.6. The van der Waals surface area contributed by atoms with Crippen LogP contribution in [-0.2, 0) is 4.74 Å². The van der Waals surface area contributed by atoms with Crippen molar-refractivity contribution in [3.05, 3.63) is 62.1 Å². The van der Waals surface area contributed by atoms with Gasteiger partial charge in [0.1, 0.15) is 12.2 Å². The van der Waals surface area contributed by atoms with E-state index in [9.17, 15) is 14.9 Å². The molecule has 0 aliphatic carbocycles. The standard InChI is InChI=1S/C19H21BrN2O6/c1-12(13-4-6-14(20)7-5-13)21-19(23)15-10-17(27-3)18(28-9-8-26-2)11-16(15)22(24)25/h4-7,10-12H,8-9H2,1-3H3,(H,21,23). The van der Waals surface area contributed by atoms with Gasteiger partial charge in [0.15, 0.2) is 11.5 Å². The Bertz CT molecular complexity index is 841. The molecule has 28 heavy (non-hydrogen) atoms. The Hall–Kier alpha value is -2.65. The first kappa shape index (κ1) is 21.6. The number of nitrogens with one attached hydrogen (secondary N) is 1. The second-order valence-electron chi connectivity index (χ2n) is 5.87. The van der Waals surface area contributed by atoms with E-state index in [2.05, 4.69) is 21.2 Å². The zero-order valence-electron chi connectivity index (χ0n) is 15.7. The molecule has 0 aliphatic heterocycles. The van der Waals surface area contributed by atoms with E-state index in [0.717, 1.165) is 10.0 Å². The summed E-state index contributed by atoms with van der Waals surface area (Å²) in [5, 5.41) is 14.3. The third kappa shape index (κ3) is 5.43. The summed E-state index contributed by atoms with van der Waals surface area (Å²) < 4.78 is 16.5. The Morgan fingerprint density at radius 2 is 1.86 bits per heavy atom. The van der Waals surface area contributed by atoms with Gasteiger partial charge in [-0.1, -0.05) is 28.1 Å². The van der Waals surface area contributed by atoms with Crippen molar-refractivity contribution in [3.8, 4) is 11.5 Å². The fourth-order valence-electron chi connectivity index (χ4n) is 2.50. The minimum Gasteiger partial charge on any atom is -0.493 e. The fraction of sp³-hybridized carbons (Fsp3) is 0.316. The molecule has 0 heterocycles. The van der Waals surface area contributed by atoms with Crippen LogP contribution >= 0.6 is 15.9 Å². The zero-order valence-corrected chi connectivity index (χ0v) is 17.3. The molecule has 2 rings (SSSR count). The topological polar surface area (TPSA) is 99.9 Å². The molecule has 150 valence electrons. The molecule has 8 nitrogen and oxygen atoms in total. The smallest absolute Gasteiger partial charge is 0.286 e. The summed E-state index contributed by atoms with van der Waals surface area (Å²) in [5.74, 6) is -0.184. The van der Waals surface area contributed by atoms with Gasteiger partial charge in [-0.25, -0.2) is 0 Å². The van der Waals surface area contributed by atoms with Gasteiger partial charge < -0.3 is 19.5 Å². The van der Waals surface area contributed by atoms with Crippen LogP contribution in [0, 0.1) is 10.1 Å². The van der Waals surface area contributed by atoms with Crippen molar-refractivity contribution in [1.29, 1.82) is 0 Å². The average molecular weight is 453 g/mol. The molecular formula is C19H21BrN2O6. The van der Waals surface area contributed by atoms with Crippen LogP contribution in [0.15, 0.2) is 40.9 Å². The molecule has 1 N–H and O–H groups in total. The van der Waals surface area contributed by atoms with Gasteiger partial charge in [0.2, 0.25) is 0 Å². The molecule has 9 heteroatoms. The Balaban J connectivity index is 2.30. The van der Waals surface area contributed by atoms with Crippen LogP contribution in [0.25, 0.3) is 0 Å². The highest BCUT2D eigenvalue weighted by Gasteiger charge is 2.25. The van der Waals surface area contributed by atoms with Gasteiger partial charge >= 0.3 is 0 Å². The van der Waals surface area contributed by atoms with Gasteiger partial charge in [0.05, 0.1) is 30.7 Å². The van der Waals surface area contributed by atoms with Crippen molar-refractivity contribution in [2.75, 3.05) is 27.4 Å². The maximum Gasteiger partial charge on any atom is 0.286 e. The number of ether oxygens (including phenoxy) is 3. The predicted molar refractivity (Wildman–Crippen MR) is 107 cm³/mol. The summed E-state index contributed by atoms with van der Waals surface area (Å²) in [6, 6.07) is 9.58. The van der Waals surface area contributed by atoms with E-state index in [1.54, 1.807) is 6.92 Å². The predicted octanol–water partition coefficient (Wildman–Crippen LogP) is 3.88. The molecule has 0 aromatic heterocycles. The number of nitro groups is 1. The summed E-state index contributed by atoms with van der Waals surface area (Å²) in [4.78, 5) is 23.6. The second kappa shape index (κ2) is 10.0. The summed E-state index contributed by atoms with van der Waals surface area (Å²) in [6.07, 6.45) is 0. The monoisotopic (exact) mass is 452 g/mol. The van der Waals surface area contributed by atoms with Crippen LogP contribution in [0.5, 0.6) is 11.5 Å². The van der Waals surface area contributed by atoms with Crippen molar-refractivity contribution in [3.63, 3.8) is 0 Å². The molecule has 0 radical (unpaired) electrons. The lowest BCUT2D eigenvalue weighted by molar-refractivity contribution is -0.385. The van der Waals surface area contributed by atoms with E-state index >= 15 is 0 Å². The highest BCUT2D eigenvalue weighted by Crippen LogP contribution is 2.35. The Morgan fingerprint density at radius 1 is 1.18 bits per heavy atom. The van der Waals surface area contributed by atoms with Crippen LogP contribution in [0.1, 0.15) is 28.9 Å². The minimum absolute atomic E-state index is 0.107. The van der Waals surface area contributed by atoms with Gasteiger partial charge in [-0.15, -0.1) is 0 Å². The molecule has 0 saturated carbocycles. The molecule has 2 aromatic carbocycles. The lowest BCUT2D eigenvalue weighted by Crippen LogP contribution is -2.27. The third-order valence-electron chi connectivity index (χ3n) is 3.99. The molecule has 1 atom stereocenters.